The van der Waals surface area contributed by atoms with Crippen molar-refractivity contribution in [2.75, 3.05) is 7.11 Å². The number of aryl methyl sites for hydroxylation is 1. The monoisotopic (exact) mass is 395 g/mol. The Labute approximate surface area is 167 Å². The summed E-state index contributed by atoms with van der Waals surface area (Å²) in [5.74, 6) is 0.135. The lowest BCUT2D eigenvalue weighted by Crippen LogP contribution is -2.48. The van der Waals surface area contributed by atoms with Crippen molar-refractivity contribution in [1.29, 1.82) is 0 Å². The second-order valence-electron chi connectivity index (χ2n) is 7.38. The van der Waals surface area contributed by atoms with Gasteiger partial charge in [0, 0.05) is 11.1 Å². The highest BCUT2D eigenvalue weighted by atomic mass is 35.5. The zero-order valence-electron chi connectivity index (χ0n) is 17.2. The highest BCUT2D eigenvalue weighted by molar-refractivity contribution is 6.32. The normalized spacial score (nSPS) is 12.9. The van der Waals surface area contributed by atoms with Crippen molar-refractivity contribution in [2.24, 2.45) is 0 Å². The molecule has 0 saturated carbocycles. The quantitative estimate of drug-likeness (QED) is 0.518. The van der Waals surface area contributed by atoms with Gasteiger partial charge in [0.05, 0.1) is 12.6 Å². The molecule has 0 aliphatic rings. The molecule has 0 fully saturated rings. The number of nitrogens with one attached hydrogen (secondary N) is 1. The van der Waals surface area contributed by atoms with Gasteiger partial charge in [-0.2, -0.15) is 0 Å². The summed E-state index contributed by atoms with van der Waals surface area (Å²) >= 11 is 6.37. The van der Waals surface area contributed by atoms with Crippen molar-refractivity contribution < 1.29 is 19.1 Å². The third kappa shape index (κ3) is 6.90. The number of halogens is 1. The van der Waals surface area contributed by atoms with Crippen molar-refractivity contribution in [3.05, 3.63) is 40.4 Å². The number of carbonyl (C=O) groups is 2. The van der Waals surface area contributed by atoms with Gasteiger partial charge < -0.3 is 14.8 Å². The van der Waals surface area contributed by atoms with Crippen LogP contribution in [0.4, 0.5) is 0 Å². The topological polar surface area (TPSA) is 64.6 Å². The van der Waals surface area contributed by atoms with Crippen molar-refractivity contribution >= 4 is 23.5 Å². The van der Waals surface area contributed by atoms with Crippen molar-refractivity contribution in [1.82, 2.24) is 5.32 Å². The maximum atomic E-state index is 12.7. The standard InChI is InChI=1S/C21H30ClNO4/c1-8-17(20(25)23-21(5,6)10-9-18(24)26-7)27-15-11-14(4)19(22)16(12-15)13(2)3/h9-13,17H,8H2,1-7H3,(H,23,25)/b10-9+/t17-/m1/s1. The summed E-state index contributed by atoms with van der Waals surface area (Å²) in [6.07, 6.45) is 2.73. The zero-order valence-corrected chi connectivity index (χ0v) is 17.9. The average Bonchev–Trinajstić information content (AvgIpc) is 2.59. The number of esters is 1. The lowest BCUT2D eigenvalue weighted by atomic mass is 10.0. The summed E-state index contributed by atoms with van der Waals surface area (Å²) in [6, 6.07) is 3.73. The van der Waals surface area contributed by atoms with E-state index in [0.29, 0.717) is 12.2 Å². The number of ether oxygens (including phenoxy) is 2. The van der Waals surface area contributed by atoms with E-state index in [4.69, 9.17) is 16.3 Å². The lowest BCUT2D eigenvalue weighted by molar-refractivity contribution is -0.135. The Bertz CT molecular complexity index is 710. The SMILES string of the molecule is CC[C@@H](Oc1cc(C)c(Cl)c(C(C)C)c1)C(=O)NC(C)(C)/C=C/C(=O)OC. The van der Waals surface area contributed by atoms with Crippen LogP contribution in [-0.2, 0) is 14.3 Å². The van der Waals surface area contributed by atoms with Gasteiger partial charge in [0.1, 0.15) is 5.75 Å². The molecule has 1 rings (SSSR count). The van der Waals surface area contributed by atoms with Crippen LogP contribution in [0.2, 0.25) is 5.02 Å². The van der Waals surface area contributed by atoms with E-state index in [1.165, 1.54) is 13.2 Å². The third-order valence-electron chi connectivity index (χ3n) is 4.10. The molecule has 5 nitrogen and oxygen atoms in total. The summed E-state index contributed by atoms with van der Waals surface area (Å²) in [5.41, 5.74) is 1.18. The van der Waals surface area contributed by atoms with Gasteiger partial charge in [0.2, 0.25) is 0 Å². The molecule has 150 valence electrons. The van der Waals surface area contributed by atoms with Gasteiger partial charge in [-0.1, -0.05) is 38.4 Å². The van der Waals surface area contributed by atoms with E-state index in [0.717, 1.165) is 16.1 Å². The van der Waals surface area contributed by atoms with E-state index in [-0.39, 0.29) is 11.8 Å². The lowest BCUT2D eigenvalue weighted by Gasteiger charge is -2.26. The van der Waals surface area contributed by atoms with Crippen LogP contribution in [0.5, 0.6) is 5.75 Å². The fraction of sp³-hybridized carbons (Fsp3) is 0.524. The van der Waals surface area contributed by atoms with Gasteiger partial charge >= 0.3 is 5.97 Å². The minimum Gasteiger partial charge on any atom is -0.481 e. The molecule has 0 aliphatic carbocycles. The highest BCUT2D eigenvalue weighted by Gasteiger charge is 2.25. The smallest absolute Gasteiger partial charge is 0.330 e. The minimum atomic E-state index is -0.721. The second-order valence-corrected chi connectivity index (χ2v) is 7.76. The molecule has 0 aliphatic heterocycles. The van der Waals surface area contributed by atoms with Crippen LogP contribution in [-0.4, -0.2) is 30.6 Å². The molecule has 1 aromatic carbocycles. The largest absolute Gasteiger partial charge is 0.481 e. The highest BCUT2D eigenvalue weighted by Crippen LogP contribution is 2.32. The molecule has 6 heteroatoms. The fourth-order valence-electron chi connectivity index (χ4n) is 2.52. The fourth-order valence-corrected chi connectivity index (χ4v) is 2.85. The molecule has 0 spiro atoms. The minimum absolute atomic E-state index is 0.246. The van der Waals surface area contributed by atoms with E-state index in [2.05, 4.69) is 23.9 Å². The molecule has 0 radical (unpaired) electrons. The Morgan fingerprint density at radius 2 is 1.93 bits per heavy atom. The molecule has 0 saturated heterocycles. The number of methoxy groups -OCH3 is 1. The molecule has 1 N–H and O–H groups in total. The third-order valence-corrected chi connectivity index (χ3v) is 4.62. The van der Waals surface area contributed by atoms with E-state index >= 15 is 0 Å². The Kier molecular flexibility index (Phi) is 8.35. The second kappa shape index (κ2) is 9.79. The Balaban J connectivity index is 2.94. The summed E-state index contributed by atoms with van der Waals surface area (Å²) in [4.78, 5) is 23.9. The summed E-state index contributed by atoms with van der Waals surface area (Å²) in [5, 5.41) is 3.61. The van der Waals surface area contributed by atoms with Crippen LogP contribution in [0.1, 0.15) is 58.1 Å². The first kappa shape index (κ1) is 23.0. The summed E-state index contributed by atoms with van der Waals surface area (Å²) < 4.78 is 10.5. The van der Waals surface area contributed by atoms with Crippen LogP contribution in [0.15, 0.2) is 24.3 Å². The van der Waals surface area contributed by atoms with Gasteiger partial charge in [-0.05, 0) is 56.4 Å². The van der Waals surface area contributed by atoms with Gasteiger partial charge in [-0.3, -0.25) is 4.79 Å². The maximum Gasteiger partial charge on any atom is 0.330 e. The average molecular weight is 396 g/mol. The molecular weight excluding hydrogens is 366 g/mol. The Morgan fingerprint density at radius 3 is 2.44 bits per heavy atom. The first-order valence-corrected chi connectivity index (χ1v) is 9.44. The molecule has 1 amide bonds. The number of amides is 1. The van der Waals surface area contributed by atoms with Crippen LogP contribution in [0.25, 0.3) is 0 Å². The van der Waals surface area contributed by atoms with Crippen molar-refractivity contribution in [3.8, 4) is 5.75 Å². The molecule has 1 atom stereocenters. The van der Waals surface area contributed by atoms with Gasteiger partial charge in [-0.25, -0.2) is 4.79 Å². The Morgan fingerprint density at radius 1 is 1.30 bits per heavy atom. The van der Waals surface area contributed by atoms with Gasteiger partial charge in [-0.15, -0.1) is 0 Å². The van der Waals surface area contributed by atoms with Crippen LogP contribution < -0.4 is 10.1 Å². The van der Waals surface area contributed by atoms with Crippen LogP contribution in [0, 0.1) is 6.92 Å². The van der Waals surface area contributed by atoms with E-state index < -0.39 is 17.6 Å². The van der Waals surface area contributed by atoms with Crippen LogP contribution >= 0.6 is 11.6 Å². The molecule has 0 bridgehead atoms. The van der Waals surface area contributed by atoms with Crippen LogP contribution in [0.3, 0.4) is 0 Å². The number of benzene rings is 1. The number of rotatable bonds is 8. The van der Waals surface area contributed by atoms with E-state index in [1.807, 2.05) is 26.0 Å². The summed E-state index contributed by atoms with van der Waals surface area (Å²) in [7, 11) is 1.30. The van der Waals surface area contributed by atoms with E-state index in [9.17, 15) is 9.59 Å². The number of hydrogen-bond acceptors (Lipinski definition) is 4. The van der Waals surface area contributed by atoms with Gasteiger partial charge in [0.25, 0.3) is 5.91 Å². The predicted octanol–water partition coefficient (Wildman–Crippen LogP) is 4.55. The maximum absolute atomic E-state index is 12.7. The number of carbonyl (C=O) groups excluding carboxylic acids is 2. The molecule has 0 unspecified atom stereocenters. The molecular formula is C21H30ClNO4. The first-order chi connectivity index (χ1) is 12.5. The molecule has 27 heavy (non-hydrogen) atoms. The predicted molar refractivity (Wildman–Crippen MR) is 108 cm³/mol. The van der Waals surface area contributed by atoms with Gasteiger partial charge in [0.15, 0.2) is 6.10 Å². The summed E-state index contributed by atoms with van der Waals surface area (Å²) in [6.45, 7) is 11.5. The molecule has 1 aromatic rings. The van der Waals surface area contributed by atoms with Crippen molar-refractivity contribution in [3.63, 3.8) is 0 Å². The zero-order chi connectivity index (χ0) is 20.8. The molecule has 0 aromatic heterocycles. The number of hydrogen-bond donors (Lipinski definition) is 1. The van der Waals surface area contributed by atoms with Crippen molar-refractivity contribution in [2.45, 2.75) is 65.5 Å². The first-order valence-electron chi connectivity index (χ1n) is 9.06. The Hall–Kier alpha value is -2.01. The molecule has 0 heterocycles. The van der Waals surface area contributed by atoms with E-state index in [1.54, 1.807) is 19.9 Å².